The van der Waals surface area contributed by atoms with Crippen LogP contribution in [0, 0.1) is 11.8 Å². The standard InChI is InChI=1S/C12H18O6/c1-6-2-8-9(18-8)3-7(6)4-12(17,11(15)16)5-10(13)14/h6-9,17H,2-5H2,1H3,(H,13,14)(H,15,16). The van der Waals surface area contributed by atoms with Crippen molar-refractivity contribution < 1.29 is 29.6 Å². The van der Waals surface area contributed by atoms with Gasteiger partial charge in [-0.3, -0.25) is 4.79 Å². The Morgan fingerprint density at radius 2 is 1.89 bits per heavy atom. The molecular weight excluding hydrogens is 240 g/mol. The van der Waals surface area contributed by atoms with Crippen LogP contribution in [0.3, 0.4) is 0 Å². The van der Waals surface area contributed by atoms with Crippen molar-refractivity contribution >= 4 is 11.9 Å². The molecule has 0 spiro atoms. The first-order chi connectivity index (χ1) is 8.32. The minimum absolute atomic E-state index is 0.00537. The largest absolute Gasteiger partial charge is 0.481 e. The van der Waals surface area contributed by atoms with Gasteiger partial charge in [-0.1, -0.05) is 6.92 Å². The summed E-state index contributed by atoms with van der Waals surface area (Å²) in [6, 6.07) is 0. The summed E-state index contributed by atoms with van der Waals surface area (Å²) in [6.07, 6.45) is 1.24. The number of aliphatic carboxylic acids is 2. The molecule has 0 aromatic heterocycles. The van der Waals surface area contributed by atoms with Crippen molar-refractivity contribution in [3.8, 4) is 0 Å². The van der Waals surface area contributed by atoms with Crippen molar-refractivity contribution in [3.05, 3.63) is 0 Å². The van der Waals surface area contributed by atoms with Gasteiger partial charge in [-0.25, -0.2) is 4.79 Å². The van der Waals surface area contributed by atoms with Gasteiger partial charge in [0.05, 0.1) is 18.6 Å². The first kappa shape index (κ1) is 13.3. The fourth-order valence-electron chi connectivity index (χ4n) is 2.89. The molecule has 102 valence electrons. The summed E-state index contributed by atoms with van der Waals surface area (Å²) in [5, 5.41) is 27.7. The van der Waals surface area contributed by atoms with E-state index in [1.165, 1.54) is 0 Å². The highest BCUT2D eigenvalue weighted by molar-refractivity contribution is 5.83. The third-order valence-corrected chi connectivity index (χ3v) is 4.07. The summed E-state index contributed by atoms with van der Waals surface area (Å²) >= 11 is 0. The fourth-order valence-corrected chi connectivity index (χ4v) is 2.89. The molecule has 0 radical (unpaired) electrons. The number of hydrogen-bond acceptors (Lipinski definition) is 4. The molecule has 2 fully saturated rings. The highest BCUT2D eigenvalue weighted by Crippen LogP contribution is 2.45. The van der Waals surface area contributed by atoms with E-state index in [2.05, 4.69) is 0 Å². The third kappa shape index (κ3) is 2.64. The average Bonchev–Trinajstić information content (AvgIpc) is 2.94. The highest BCUT2D eigenvalue weighted by atomic mass is 16.6. The van der Waals surface area contributed by atoms with Gasteiger partial charge < -0.3 is 20.1 Å². The summed E-state index contributed by atoms with van der Waals surface area (Å²) in [4.78, 5) is 21.8. The molecule has 0 aromatic rings. The molecule has 1 saturated heterocycles. The molecule has 1 aliphatic heterocycles. The van der Waals surface area contributed by atoms with Gasteiger partial charge in [0, 0.05) is 0 Å². The van der Waals surface area contributed by atoms with E-state index < -0.39 is 24.0 Å². The van der Waals surface area contributed by atoms with E-state index in [1.807, 2.05) is 6.92 Å². The second-order valence-electron chi connectivity index (χ2n) is 5.53. The number of hydrogen-bond donors (Lipinski definition) is 3. The van der Waals surface area contributed by atoms with Crippen LogP contribution in [0.25, 0.3) is 0 Å². The van der Waals surface area contributed by atoms with E-state index in [1.54, 1.807) is 0 Å². The molecule has 3 N–H and O–H groups in total. The Morgan fingerprint density at radius 3 is 2.44 bits per heavy atom. The summed E-state index contributed by atoms with van der Waals surface area (Å²) in [6.45, 7) is 1.99. The molecule has 2 rings (SSSR count). The van der Waals surface area contributed by atoms with E-state index in [-0.39, 0.29) is 30.5 Å². The monoisotopic (exact) mass is 258 g/mol. The first-order valence-corrected chi connectivity index (χ1v) is 6.15. The smallest absolute Gasteiger partial charge is 0.336 e. The SMILES string of the molecule is CC1CC2OC2CC1CC(O)(CC(=O)O)C(=O)O. The van der Waals surface area contributed by atoms with Gasteiger partial charge in [0.1, 0.15) is 0 Å². The van der Waals surface area contributed by atoms with Crippen molar-refractivity contribution in [2.24, 2.45) is 11.8 Å². The molecule has 2 aliphatic rings. The van der Waals surface area contributed by atoms with Gasteiger partial charge in [0.2, 0.25) is 0 Å². The van der Waals surface area contributed by atoms with Crippen molar-refractivity contribution in [2.45, 2.75) is 50.4 Å². The molecule has 5 atom stereocenters. The topological polar surface area (TPSA) is 107 Å². The Morgan fingerprint density at radius 1 is 1.28 bits per heavy atom. The van der Waals surface area contributed by atoms with E-state index in [9.17, 15) is 14.7 Å². The van der Waals surface area contributed by atoms with Crippen LogP contribution in [0.15, 0.2) is 0 Å². The zero-order valence-electron chi connectivity index (χ0n) is 10.2. The second-order valence-corrected chi connectivity index (χ2v) is 5.53. The predicted octanol–water partition coefficient (Wildman–Crippen LogP) is 0.480. The maximum Gasteiger partial charge on any atom is 0.336 e. The number of epoxide rings is 1. The molecule has 0 amide bonds. The minimum Gasteiger partial charge on any atom is -0.481 e. The molecule has 1 saturated carbocycles. The zero-order chi connectivity index (χ0) is 13.5. The van der Waals surface area contributed by atoms with Gasteiger partial charge in [0.15, 0.2) is 5.60 Å². The minimum atomic E-state index is -2.17. The first-order valence-electron chi connectivity index (χ1n) is 6.15. The maximum atomic E-state index is 11.1. The van der Waals surface area contributed by atoms with Crippen LogP contribution in [0.1, 0.15) is 32.6 Å². The molecule has 5 unspecified atom stereocenters. The lowest BCUT2D eigenvalue weighted by Crippen LogP contribution is -2.44. The number of carboxylic acids is 2. The van der Waals surface area contributed by atoms with Crippen LogP contribution in [-0.2, 0) is 14.3 Å². The third-order valence-electron chi connectivity index (χ3n) is 4.07. The van der Waals surface area contributed by atoms with Crippen LogP contribution in [0.5, 0.6) is 0 Å². The highest BCUT2D eigenvalue weighted by Gasteiger charge is 2.50. The molecule has 1 aliphatic carbocycles. The van der Waals surface area contributed by atoms with Crippen molar-refractivity contribution in [1.29, 1.82) is 0 Å². The number of ether oxygens (including phenoxy) is 1. The Labute approximate surface area is 105 Å². The Hall–Kier alpha value is -1.14. The Kier molecular flexibility index (Phi) is 3.33. The number of carboxylic acid groups (broad SMARTS) is 2. The lowest BCUT2D eigenvalue weighted by Gasteiger charge is -2.32. The molecule has 6 nitrogen and oxygen atoms in total. The van der Waals surface area contributed by atoms with Crippen molar-refractivity contribution in [3.63, 3.8) is 0 Å². The molecular formula is C12H18O6. The summed E-state index contributed by atoms with van der Waals surface area (Å²) in [5.74, 6) is -2.53. The molecule has 1 heterocycles. The summed E-state index contributed by atoms with van der Waals surface area (Å²) < 4.78 is 5.39. The van der Waals surface area contributed by atoms with Crippen LogP contribution in [0.4, 0.5) is 0 Å². The quantitative estimate of drug-likeness (QED) is 0.619. The summed E-state index contributed by atoms with van der Waals surface area (Å²) in [7, 11) is 0. The molecule has 0 bridgehead atoms. The van der Waals surface area contributed by atoms with Crippen LogP contribution >= 0.6 is 0 Å². The van der Waals surface area contributed by atoms with Crippen LogP contribution < -0.4 is 0 Å². The van der Waals surface area contributed by atoms with Crippen LogP contribution in [0.2, 0.25) is 0 Å². The van der Waals surface area contributed by atoms with E-state index in [0.717, 1.165) is 6.42 Å². The van der Waals surface area contributed by atoms with Crippen molar-refractivity contribution in [1.82, 2.24) is 0 Å². The van der Waals surface area contributed by atoms with Gasteiger partial charge in [-0.2, -0.15) is 0 Å². The van der Waals surface area contributed by atoms with Crippen molar-refractivity contribution in [2.75, 3.05) is 0 Å². The number of fused-ring (bicyclic) bond motifs is 1. The predicted molar refractivity (Wildman–Crippen MR) is 60.0 cm³/mol. The lowest BCUT2D eigenvalue weighted by atomic mass is 9.74. The van der Waals surface area contributed by atoms with E-state index >= 15 is 0 Å². The Bertz CT molecular complexity index is 368. The average molecular weight is 258 g/mol. The van der Waals surface area contributed by atoms with Gasteiger partial charge >= 0.3 is 11.9 Å². The van der Waals surface area contributed by atoms with Gasteiger partial charge in [-0.05, 0) is 31.1 Å². The lowest BCUT2D eigenvalue weighted by molar-refractivity contribution is -0.168. The molecule has 18 heavy (non-hydrogen) atoms. The van der Waals surface area contributed by atoms with Gasteiger partial charge in [-0.15, -0.1) is 0 Å². The van der Waals surface area contributed by atoms with Crippen LogP contribution in [-0.4, -0.2) is 45.1 Å². The number of rotatable bonds is 5. The number of aliphatic hydroxyl groups is 1. The molecule has 0 aromatic carbocycles. The fraction of sp³-hybridized carbons (Fsp3) is 0.833. The second kappa shape index (κ2) is 4.51. The Balaban J connectivity index is 2.03. The van der Waals surface area contributed by atoms with E-state index in [4.69, 9.17) is 14.9 Å². The molecule has 6 heteroatoms. The summed E-state index contributed by atoms with van der Waals surface area (Å²) in [5.41, 5.74) is -2.17. The van der Waals surface area contributed by atoms with E-state index in [0.29, 0.717) is 6.42 Å². The normalized spacial score (nSPS) is 37.4. The van der Waals surface area contributed by atoms with Gasteiger partial charge in [0.25, 0.3) is 0 Å². The maximum absolute atomic E-state index is 11.1. The number of carbonyl (C=O) groups is 2. The zero-order valence-corrected chi connectivity index (χ0v) is 10.2.